The van der Waals surface area contributed by atoms with Gasteiger partial charge in [0.25, 0.3) is 0 Å². The summed E-state index contributed by atoms with van der Waals surface area (Å²) in [5, 5.41) is 24.1. The van der Waals surface area contributed by atoms with Crippen molar-refractivity contribution < 1.29 is 14.5 Å². The second kappa shape index (κ2) is 5.53. The first-order valence-electron chi connectivity index (χ1n) is 2.92. The Morgan fingerprint density at radius 1 is 1.64 bits per heavy atom. The van der Waals surface area contributed by atoms with Crippen molar-refractivity contribution in [3.8, 4) is 6.07 Å². The molecule has 4 nitrogen and oxygen atoms in total. The summed E-state index contributed by atoms with van der Waals surface area (Å²) >= 11 is 0. The van der Waals surface area contributed by atoms with E-state index in [1.54, 1.807) is 12.1 Å². The van der Waals surface area contributed by atoms with Crippen LogP contribution >= 0.6 is 0 Å². The summed E-state index contributed by atoms with van der Waals surface area (Å²) in [4.78, 5) is 0. The van der Waals surface area contributed by atoms with Crippen molar-refractivity contribution in [2.24, 2.45) is 0 Å². The third-order valence-corrected chi connectivity index (χ3v) is 0.798. The fourth-order valence-electron chi connectivity index (χ4n) is 0.438. The van der Waals surface area contributed by atoms with Crippen molar-refractivity contribution in [2.45, 2.75) is 6.92 Å². The molecule has 58 valence electrons. The molecule has 11 heavy (non-hydrogen) atoms. The molecule has 0 unspecified atom stereocenters. The maximum atomic E-state index is 8.37. The summed E-state index contributed by atoms with van der Waals surface area (Å²) in [5.41, 5.74) is 0.171. The van der Waals surface area contributed by atoms with Gasteiger partial charge in [0.2, 0.25) is 0 Å². The molecule has 0 saturated carbocycles. The molecule has 1 aromatic heterocycles. The van der Waals surface area contributed by atoms with Crippen LogP contribution in [0.2, 0.25) is 0 Å². The first kappa shape index (κ1) is 9.75. The average molecular weight is 153 g/mol. The second-order valence-corrected chi connectivity index (χ2v) is 1.61. The lowest BCUT2D eigenvalue weighted by Gasteiger charge is -1.86. The van der Waals surface area contributed by atoms with E-state index in [0.717, 1.165) is 0 Å². The van der Waals surface area contributed by atoms with E-state index in [0.29, 0.717) is 0 Å². The van der Waals surface area contributed by atoms with Crippen LogP contribution in [0.5, 0.6) is 0 Å². The average Bonchev–Trinajstić information content (AvgIpc) is 2.38. The van der Waals surface area contributed by atoms with Crippen LogP contribution < -0.4 is 5.66 Å². The van der Waals surface area contributed by atoms with Gasteiger partial charge in [-0.3, -0.25) is 0 Å². The van der Waals surface area contributed by atoms with Gasteiger partial charge in [0, 0.05) is 6.92 Å². The predicted molar refractivity (Wildman–Crippen MR) is 39.8 cm³/mol. The number of rotatable bonds is 1. The molecule has 0 amide bonds. The standard InChI is InChI=1S/C4H5BO3.C2H3N/c6-5(7)4-2-1-3-8-4;1-2-3/h1-3,6-7H;1H3. The molecule has 0 bridgehead atoms. The number of nitrogens with zero attached hydrogens (tertiary/aromatic N) is 1. The Kier molecular flexibility index (Phi) is 4.91. The maximum Gasteiger partial charge on any atom is 0.526 e. The van der Waals surface area contributed by atoms with Crippen LogP contribution in [0.25, 0.3) is 0 Å². The fourth-order valence-corrected chi connectivity index (χ4v) is 0.438. The molecule has 0 radical (unpaired) electrons. The zero-order valence-corrected chi connectivity index (χ0v) is 6.06. The van der Waals surface area contributed by atoms with E-state index in [1.807, 2.05) is 0 Å². The van der Waals surface area contributed by atoms with Gasteiger partial charge in [0.1, 0.15) is 5.66 Å². The second-order valence-electron chi connectivity index (χ2n) is 1.61. The zero-order chi connectivity index (χ0) is 8.69. The van der Waals surface area contributed by atoms with E-state index in [9.17, 15) is 0 Å². The summed E-state index contributed by atoms with van der Waals surface area (Å²) < 4.78 is 4.59. The van der Waals surface area contributed by atoms with E-state index in [4.69, 9.17) is 15.3 Å². The van der Waals surface area contributed by atoms with Crippen molar-refractivity contribution in [2.75, 3.05) is 0 Å². The van der Waals surface area contributed by atoms with Gasteiger partial charge in [-0.25, -0.2) is 0 Å². The molecule has 2 N–H and O–H groups in total. The Balaban J connectivity index is 0.000000292. The van der Waals surface area contributed by atoms with Gasteiger partial charge in [-0.1, -0.05) is 0 Å². The lowest BCUT2D eigenvalue weighted by atomic mass is 9.88. The van der Waals surface area contributed by atoms with Crippen LogP contribution in [0.3, 0.4) is 0 Å². The van der Waals surface area contributed by atoms with Crippen LogP contribution in [0, 0.1) is 11.3 Å². The molecule has 0 aliphatic rings. The lowest BCUT2D eigenvalue weighted by molar-refractivity contribution is 0.409. The van der Waals surface area contributed by atoms with Crippen molar-refractivity contribution in [1.29, 1.82) is 5.26 Å². The van der Waals surface area contributed by atoms with Gasteiger partial charge < -0.3 is 14.5 Å². The molecule has 5 heteroatoms. The topological polar surface area (TPSA) is 77.4 Å². The molecule has 0 aromatic carbocycles. The van der Waals surface area contributed by atoms with E-state index < -0.39 is 7.12 Å². The molecular weight excluding hydrogens is 145 g/mol. The third-order valence-electron chi connectivity index (χ3n) is 0.798. The van der Waals surface area contributed by atoms with Crippen molar-refractivity contribution in [1.82, 2.24) is 0 Å². The molecule has 0 aliphatic carbocycles. The highest BCUT2D eigenvalue weighted by Crippen LogP contribution is 1.82. The number of hydrogen-bond donors (Lipinski definition) is 2. The molecule has 0 spiro atoms. The summed E-state index contributed by atoms with van der Waals surface area (Å²) in [5.74, 6) is 0. The highest BCUT2D eigenvalue weighted by molar-refractivity contribution is 6.56. The van der Waals surface area contributed by atoms with Gasteiger partial charge in [-0.15, -0.1) is 0 Å². The molecule has 1 rings (SSSR count). The molecular formula is C6H8BNO3. The predicted octanol–water partition coefficient (Wildman–Crippen LogP) is -0.511. The first-order valence-corrected chi connectivity index (χ1v) is 2.92. The summed E-state index contributed by atoms with van der Waals surface area (Å²) in [6, 6.07) is 4.83. The van der Waals surface area contributed by atoms with Crippen LogP contribution in [0.4, 0.5) is 0 Å². The summed E-state index contributed by atoms with van der Waals surface area (Å²) in [7, 11) is -1.48. The van der Waals surface area contributed by atoms with Gasteiger partial charge >= 0.3 is 7.12 Å². The van der Waals surface area contributed by atoms with Gasteiger partial charge in [0.15, 0.2) is 0 Å². The fraction of sp³-hybridized carbons (Fsp3) is 0.167. The monoisotopic (exact) mass is 153 g/mol. The Hall–Kier alpha value is -1.25. The molecule has 0 aliphatic heterocycles. The number of furan rings is 1. The minimum Gasteiger partial charge on any atom is -0.473 e. The molecule has 0 atom stereocenters. The Morgan fingerprint density at radius 3 is 2.36 bits per heavy atom. The smallest absolute Gasteiger partial charge is 0.473 e. The van der Waals surface area contributed by atoms with Crippen LogP contribution in [0.1, 0.15) is 6.92 Å². The van der Waals surface area contributed by atoms with E-state index in [2.05, 4.69) is 4.42 Å². The Bertz CT molecular complexity index is 214. The van der Waals surface area contributed by atoms with Crippen molar-refractivity contribution >= 4 is 12.8 Å². The molecule has 0 saturated heterocycles. The summed E-state index contributed by atoms with van der Waals surface area (Å²) in [6.07, 6.45) is 1.38. The van der Waals surface area contributed by atoms with E-state index >= 15 is 0 Å². The quantitative estimate of drug-likeness (QED) is 0.532. The van der Waals surface area contributed by atoms with Crippen LogP contribution in [-0.2, 0) is 0 Å². The Labute approximate surface area is 64.8 Å². The third kappa shape index (κ3) is 4.20. The molecule has 1 heterocycles. The van der Waals surface area contributed by atoms with Gasteiger partial charge in [0.05, 0.1) is 12.3 Å². The largest absolute Gasteiger partial charge is 0.526 e. The minimum absolute atomic E-state index is 0.171. The molecule has 1 aromatic rings. The number of nitriles is 1. The van der Waals surface area contributed by atoms with Crippen molar-refractivity contribution in [3.05, 3.63) is 18.4 Å². The maximum absolute atomic E-state index is 8.37. The summed E-state index contributed by atoms with van der Waals surface area (Å²) in [6.45, 7) is 1.43. The normalized spacial score (nSPS) is 7.45. The lowest BCUT2D eigenvalue weighted by Crippen LogP contribution is -2.27. The minimum atomic E-state index is -1.48. The van der Waals surface area contributed by atoms with Gasteiger partial charge in [-0.2, -0.15) is 5.26 Å². The van der Waals surface area contributed by atoms with Crippen molar-refractivity contribution in [3.63, 3.8) is 0 Å². The van der Waals surface area contributed by atoms with Crippen LogP contribution in [0.15, 0.2) is 22.8 Å². The highest BCUT2D eigenvalue weighted by Gasteiger charge is 2.12. The molecule has 0 fully saturated rings. The Morgan fingerprint density at radius 2 is 2.18 bits per heavy atom. The van der Waals surface area contributed by atoms with E-state index in [-0.39, 0.29) is 5.66 Å². The van der Waals surface area contributed by atoms with E-state index in [1.165, 1.54) is 19.3 Å². The highest BCUT2D eigenvalue weighted by atomic mass is 16.4. The zero-order valence-electron chi connectivity index (χ0n) is 6.06. The number of hydrogen-bond acceptors (Lipinski definition) is 4. The SMILES string of the molecule is CC#N.OB(O)c1ccco1. The first-order chi connectivity index (χ1) is 5.22. The van der Waals surface area contributed by atoms with Crippen LogP contribution in [-0.4, -0.2) is 17.2 Å². The van der Waals surface area contributed by atoms with Gasteiger partial charge in [-0.05, 0) is 12.1 Å².